The Morgan fingerprint density at radius 3 is 1.94 bits per heavy atom. The van der Waals surface area contributed by atoms with Gasteiger partial charge in [0.25, 0.3) is 0 Å². The van der Waals surface area contributed by atoms with E-state index >= 15 is 0 Å². The Hall–Kier alpha value is -1.13. The van der Waals surface area contributed by atoms with Gasteiger partial charge in [0.05, 0.1) is 5.75 Å². The molecule has 1 atom stereocenters. The first kappa shape index (κ1) is 13.3. The minimum absolute atomic E-state index is 0.0403. The summed E-state index contributed by atoms with van der Waals surface area (Å²) in [7, 11) is -3.25. The molecule has 2 aromatic rings. The first-order valence-corrected chi connectivity index (χ1v) is 8.17. The maximum absolute atomic E-state index is 12.3. The van der Waals surface area contributed by atoms with Crippen LogP contribution in [0.4, 0.5) is 0 Å². The zero-order chi connectivity index (χ0) is 13.0. The van der Waals surface area contributed by atoms with E-state index in [1.54, 1.807) is 0 Å². The van der Waals surface area contributed by atoms with Gasteiger partial charge < -0.3 is 0 Å². The van der Waals surface area contributed by atoms with Gasteiger partial charge in [-0.3, -0.25) is 0 Å². The van der Waals surface area contributed by atoms with Crippen LogP contribution in [0.2, 0.25) is 0 Å². The fourth-order valence-electron chi connectivity index (χ4n) is 1.69. The quantitative estimate of drug-likeness (QED) is 0.804. The molecule has 0 heterocycles. The molecule has 0 aliphatic heterocycles. The molecule has 4 heteroatoms. The highest BCUT2D eigenvalue weighted by molar-refractivity contribution is 9.10. The van der Waals surface area contributed by atoms with E-state index < -0.39 is 14.0 Å². The van der Waals surface area contributed by atoms with E-state index in [2.05, 4.69) is 15.9 Å². The number of alkyl halides is 1. The number of benzene rings is 2. The summed E-state index contributed by atoms with van der Waals surface area (Å²) in [6, 6.07) is 18.4. The molecule has 2 aromatic carbocycles. The maximum Gasteiger partial charge on any atom is 0.171 e. The fourth-order valence-corrected chi connectivity index (χ4v) is 3.77. The van der Waals surface area contributed by atoms with Crippen LogP contribution in [0.1, 0.15) is 15.3 Å². The molecule has 0 bridgehead atoms. The van der Waals surface area contributed by atoms with E-state index in [0.29, 0.717) is 0 Å². The molecule has 0 amide bonds. The van der Waals surface area contributed by atoms with Gasteiger partial charge in [-0.15, -0.1) is 0 Å². The largest absolute Gasteiger partial charge is 0.227 e. The summed E-state index contributed by atoms with van der Waals surface area (Å²) in [5.41, 5.74) is 1.56. The van der Waals surface area contributed by atoms with Gasteiger partial charge in [0.15, 0.2) is 9.84 Å². The van der Waals surface area contributed by atoms with Crippen LogP contribution in [0.15, 0.2) is 60.7 Å². The van der Waals surface area contributed by atoms with Crippen LogP contribution in [-0.4, -0.2) is 8.42 Å². The Labute approximate surface area is 116 Å². The van der Waals surface area contributed by atoms with Crippen molar-refractivity contribution >= 4 is 25.8 Å². The Morgan fingerprint density at radius 2 is 1.39 bits per heavy atom. The summed E-state index contributed by atoms with van der Waals surface area (Å²) in [5.74, 6) is 0.0403. The third kappa shape index (κ3) is 3.21. The molecule has 94 valence electrons. The minimum Gasteiger partial charge on any atom is -0.227 e. The highest BCUT2D eigenvalue weighted by Crippen LogP contribution is 2.31. The standard InChI is InChI=1S/C14H13BrO2S/c15-14(13-9-5-2-6-10-13)18(16,17)11-12-7-3-1-4-8-12/h1-10,14H,11H2/t14-/m1/s1. The van der Waals surface area contributed by atoms with Gasteiger partial charge in [-0.1, -0.05) is 76.6 Å². The van der Waals surface area contributed by atoms with Gasteiger partial charge >= 0.3 is 0 Å². The van der Waals surface area contributed by atoms with Gasteiger partial charge in [0.2, 0.25) is 0 Å². The second-order valence-electron chi connectivity index (χ2n) is 4.02. The average molecular weight is 325 g/mol. The number of hydrogen-bond acceptors (Lipinski definition) is 2. The molecule has 18 heavy (non-hydrogen) atoms. The summed E-state index contributed by atoms with van der Waals surface area (Å²) in [4.78, 5) is 0. The van der Waals surface area contributed by atoms with Gasteiger partial charge in [0, 0.05) is 0 Å². The zero-order valence-electron chi connectivity index (χ0n) is 9.66. The van der Waals surface area contributed by atoms with Gasteiger partial charge in [-0.25, -0.2) is 8.42 Å². The number of sulfone groups is 1. The lowest BCUT2D eigenvalue weighted by atomic mass is 10.2. The van der Waals surface area contributed by atoms with Crippen molar-refractivity contribution in [2.75, 3.05) is 0 Å². The third-order valence-corrected chi connectivity index (χ3v) is 6.46. The molecular weight excluding hydrogens is 312 g/mol. The molecule has 0 fully saturated rings. The lowest BCUT2D eigenvalue weighted by molar-refractivity contribution is 0.594. The van der Waals surface area contributed by atoms with Crippen molar-refractivity contribution < 1.29 is 8.42 Å². The molecule has 0 spiro atoms. The summed E-state index contributed by atoms with van der Waals surface area (Å²) in [5, 5.41) is 0. The van der Waals surface area contributed by atoms with Gasteiger partial charge in [-0.2, -0.15) is 0 Å². The Morgan fingerprint density at radius 1 is 0.889 bits per heavy atom. The van der Waals surface area contributed by atoms with Crippen LogP contribution in [0.5, 0.6) is 0 Å². The van der Waals surface area contributed by atoms with Crippen molar-refractivity contribution in [2.24, 2.45) is 0 Å². The van der Waals surface area contributed by atoms with Crippen molar-refractivity contribution in [3.05, 3.63) is 71.8 Å². The van der Waals surface area contributed by atoms with E-state index in [1.807, 2.05) is 60.7 Å². The van der Waals surface area contributed by atoms with E-state index in [-0.39, 0.29) is 5.75 Å². The molecule has 0 N–H and O–H groups in total. The van der Waals surface area contributed by atoms with Crippen LogP contribution in [-0.2, 0) is 15.6 Å². The Balaban J connectivity index is 2.22. The predicted octanol–water partition coefficient (Wildman–Crippen LogP) is 3.70. The first-order chi connectivity index (χ1) is 8.59. The predicted molar refractivity (Wildman–Crippen MR) is 77.2 cm³/mol. The van der Waals surface area contributed by atoms with Gasteiger partial charge in [-0.05, 0) is 11.1 Å². The first-order valence-electron chi connectivity index (χ1n) is 5.54. The van der Waals surface area contributed by atoms with E-state index in [9.17, 15) is 8.42 Å². The molecule has 0 saturated carbocycles. The van der Waals surface area contributed by atoms with Gasteiger partial charge in [0.1, 0.15) is 4.16 Å². The van der Waals surface area contributed by atoms with Crippen LogP contribution in [0, 0.1) is 0 Å². The van der Waals surface area contributed by atoms with Crippen LogP contribution >= 0.6 is 15.9 Å². The maximum atomic E-state index is 12.3. The monoisotopic (exact) mass is 324 g/mol. The highest BCUT2D eigenvalue weighted by atomic mass is 79.9. The van der Waals surface area contributed by atoms with Crippen molar-refractivity contribution in [3.63, 3.8) is 0 Å². The molecule has 2 rings (SSSR count). The number of hydrogen-bond donors (Lipinski definition) is 0. The molecule has 0 aliphatic rings. The molecule has 0 aromatic heterocycles. The smallest absolute Gasteiger partial charge is 0.171 e. The van der Waals surface area contributed by atoms with Crippen molar-refractivity contribution in [2.45, 2.75) is 9.91 Å². The van der Waals surface area contributed by atoms with E-state index in [4.69, 9.17) is 0 Å². The van der Waals surface area contributed by atoms with Crippen molar-refractivity contribution in [1.29, 1.82) is 0 Å². The summed E-state index contributed by atoms with van der Waals surface area (Å²) in [6.07, 6.45) is 0. The third-order valence-electron chi connectivity index (χ3n) is 2.59. The highest BCUT2D eigenvalue weighted by Gasteiger charge is 2.24. The Kier molecular flexibility index (Phi) is 4.19. The molecule has 0 radical (unpaired) electrons. The van der Waals surface area contributed by atoms with Crippen LogP contribution < -0.4 is 0 Å². The van der Waals surface area contributed by atoms with Crippen LogP contribution in [0.3, 0.4) is 0 Å². The van der Waals surface area contributed by atoms with Crippen LogP contribution in [0.25, 0.3) is 0 Å². The average Bonchev–Trinajstić information content (AvgIpc) is 2.39. The molecule has 0 aliphatic carbocycles. The topological polar surface area (TPSA) is 34.1 Å². The minimum atomic E-state index is -3.25. The summed E-state index contributed by atoms with van der Waals surface area (Å²) < 4.78 is 23.8. The molecule has 2 nitrogen and oxygen atoms in total. The summed E-state index contributed by atoms with van der Waals surface area (Å²) >= 11 is 3.28. The SMILES string of the molecule is O=S(=O)(Cc1ccccc1)[C@@H](Br)c1ccccc1. The molecular formula is C14H13BrO2S. The fraction of sp³-hybridized carbons (Fsp3) is 0.143. The lowest BCUT2D eigenvalue weighted by Crippen LogP contribution is -2.10. The zero-order valence-corrected chi connectivity index (χ0v) is 12.1. The second-order valence-corrected chi connectivity index (χ2v) is 7.63. The second kappa shape index (κ2) is 5.67. The number of halogens is 1. The molecule has 0 saturated heterocycles. The Bertz CT molecular complexity index is 594. The molecule has 0 unspecified atom stereocenters. The van der Waals surface area contributed by atoms with Crippen molar-refractivity contribution in [3.8, 4) is 0 Å². The lowest BCUT2D eigenvalue weighted by Gasteiger charge is -2.11. The van der Waals surface area contributed by atoms with E-state index in [0.717, 1.165) is 11.1 Å². The normalized spacial score (nSPS) is 13.2. The van der Waals surface area contributed by atoms with Crippen molar-refractivity contribution in [1.82, 2.24) is 0 Å². The van der Waals surface area contributed by atoms with E-state index in [1.165, 1.54) is 0 Å². The number of rotatable bonds is 4. The summed E-state index contributed by atoms with van der Waals surface area (Å²) in [6.45, 7) is 0.